The highest BCUT2D eigenvalue weighted by Crippen LogP contribution is 2.53. The SMILES string of the molecule is COc1c(C)ccc(C2(CC(=O)O)CC2)c1C. The van der Waals surface area contributed by atoms with Crippen LogP contribution in [-0.2, 0) is 10.2 Å². The number of methoxy groups -OCH3 is 1. The molecule has 1 N–H and O–H groups in total. The monoisotopic (exact) mass is 234 g/mol. The molecular weight excluding hydrogens is 216 g/mol. The van der Waals surface area contributed by atoms with Gasteiger partial charge in [-0.25, -0.2) is 0 Å². The summed E-state index contributed by atoms with van der Waals surface area (Å²) in [6.07, 6.45) is 2.15. The third-order valence-corrected chi connectivity index (χ3v) is 3.72. The van der Waals surface area contributed by atoms with Crippen molar-refractivity contribution in [2.75, 3.05) is 7.11 Å². The quantitative estimate of drug-likeness (QED) is 0.871. The van der Waals surface area contributed by atoms with E-state index in [4.69, 9.17) is 9.84 Å². The molecule has 1 saturated carbocycles. The van der Waals surface area contributed by atoms with Crippen LogP contribution in [0.25, 0.3) is 0 Å². The van der Waals surface area contributed by atoms with Gasteiger partial charge in [0.2, 0.25) is 0 Å². The predicted molar refractivity (Wildman–Crippen MR) is 65.6 cm³/mol. The number of hydrogen-bond donors (Lipinski definition) is 1. The molecule has 0 spiro atoms. The molecule has 0 unspecified atom stereocenters. The first-order valence-corrected chi connectivity index (χ1v) is 5.87. The van der Waals surface area contributed by atoms with Crippen molar-refractivity contribution in [3.8, 4) is 5.75 Å². The molecule has 0 amide bonds. The van der Waals surface area contributed by atoms with Gasteiger partial charge < -0.3 is 9.84 Å². The van der Waals surface area contributed by atoms with E-state index in [1.165, 1.54) is 0 Å². The summed E-state index contributed by atoms with van der Waals surface area (Å²) < 4.78 is 5.40. The Kier molecular flexibility index (Phi) is 2.86. The Balaban J connectivity index is 2.43. The molecule has 0 atom stereocenters. The third-order valence-electron chi connectivity index (χ3n) is 3.72. The molecule has 0 aliphatic heterocycles. The van der Waals surface area contributed by atoms with Gasteiger partial charge in [-0.05, 0) is 43.4 Å². The van der Waals surface area contributed by atoms with E-state index in [0.29, 0.717) is 0 Å². The zero-order valence-electron chi connectivity index (χ0n) is 10.5. The largest absolute Gasteiger partial charge is 0.496 e. The van der Waals surface area contributed by atoms with Crippen LogP contribution in [0.3, 0.4) is 0 Å². The van der Waals surface area contributed by atoms with Gasteiger partial charge in [-0.1, -0.05) is 12.1 Å². The summed E-state index contributed by atoms with van der Waals surface area (Å²) in [5.74, 6) is 0.167. The Morgan fingerprint density at radius 1 is 1.41 bits per heavy atom. The lowest BCUT2D eigenvalue weighted by Crippen LogP contribution is -2.15. The van der Waals surface area contributed by atoms with Crippen molar-refractivity contribution >= 4 is 5.97 Å². The first-order valence-electron chi connectivity index (χ1n) is 5.87. The molecular formula is C14H18O3. The molecule has 1 aliphatic rings. The molecule has 0 radical (unpaired) electrons. The van der Waals surface area contributed by atoms with Crippen LogP contribution in [0.15, 0.2) is 12.1 Å². The molecule has 92 valence electrons. The average Bonchev–Trinajstić information content (AvgIpc) is 2.98. The summed E-state index contributed by atoms with van der Waals surface area (Å²) >= 11 is 0. The summed E-state index contributed by atoms with van der Waals surface area (Å²) in [7, 11) is 1.66. The fraction of sp³-hybridized carbons (Fsp3) is 0.500. The fourth-order valence-corrected chi connectivity index (χ4v) is 2.70. The Morgan fingerprint density at radius 2 is 2.06 bits per heavy atom. The average molecular weight is 234 g/mol. The first-order chi connectivity index (χ1) is 8.00. The van der Waals surface area contributed by atoms with Crippen LogP contribution in [0.5, 0.6) is 5.75 Å². The van der Waals surface area contributed by atoms with Crippen LogP contribution in [0.4, 0.5) is 0 Å². The van der Waals surface area contributed by atoms with Crippen molar-refractivity contribution in [1.82, 2.24) is 0 Å². The summed E-state index contributed by atoms with van der Waals surface area (Å²) in [5, 5.41) is 8.99. The molecule has 1 aromatic carbocycles. The van der Waals surface area contributed by atoms with E-state index in [-0.39, 0.29) is 11.8 Å². The molecule has 0 bridgehead atoms. The van der Waals surface area contributed by atoms with E-state index in [1.807, 2.05) is 19.9 Å². The van der Waals surface area contributed by atoms with Gasteiger partial charge in [-0.3, -0.25) is 4.79 Å². The van der Waals surface area contributed by atoms with Crippen molar-refractivity contribution in [2.45, 2.75) is 38.5 Å². The van der Waals surface area contributed by atoms with Crippen LogP contribution < -0.4 is 4.74 Å². The number of carboxylic acid groups (broad SMARTS) is 1. The number of aryl methyl sites for hydroxylation is 1. The zero-order chi connectivity index (χ0) is 12.6. The summed E-state index contributed by atoms with van der Waals surface area (Å²) in [4.78, 5) is 10.9. The Labute approximate surface area is 101 Å². The Hall–Kier alpha value is -1.51. The lowest BCUT2D eigenvalue weighted by Gasteiger charge is -2.19. The maximum absolute atomic E-state index is 10.9. The molecule has 3 nitrogen and oxygen atoms in total. The number of carbonyl (C=O) groups is 1. The maximum Gasteiger partial charge on any atom is 0.304 e. The minimum absolute atomic E-state index is 0.142. The highest BCUT2D eigenvalue weighted by atomic mass is 16.5. The normalized spacial score (nSPS) is 16.6. The fourth-order valence-electron chi connectivity index (χ4n) is 2.70. The van der Waals surface area contributed by atoms with Crippen LogP contribution in [0.2, 0.25) is 0 Å². The lowest BCUT2D eigenvalue weighted by molar-refractivity contribution is -0.137. The van der Waals surface area contributed by atoms with Crippen LogP contribution in [0, 0.1) is 13.8 Å². The molecule has 2 rings (SSSR count). The van der Waals surface area contributed by atoms with E-state index in [2.05, 4.69) is 6.07 Å². The molecule has 0 aromatic heterocycles. The van der Waals surface area contributed by atoms with Gasteiger partial charge in [0.15, 0.2) is 0 Å². The van der Waals surface area contributed by atoms with Crippen LogP contribution in [0.1, 0.15) is 36.0 Å². The summed E-state index contributed by atoms with van der Waals surface area (Å²) in [6.45, 7) is 4.02. The first kappa shape index (κ1) is 12.0. The minimum Gasteiger partial charge on any atom is -0.496 e. The topological polar surface area (TPSA) is 46.5 Å². The van der Waals surface area contributed by atoms with Gasteiger partial charge in [0, 0.05) is 5.41 Å². The summed E-state index contributed by atoms with van der Waals surface area (Å²) in [5.41, 5.74) is 3.19. The van der Waals surface area contributed by atoms with Gasteiger partial charge in [0.05, 0.1) is 13.5 Å². The molecule has 17 heavy (non-hydrogen) atoms. The zero-order valence-corrected chi connectivity index (χ0v) is 10.5. The number of rotatable bonds is 4. The number of aliphatic carboxylic acids is 1. The van der Waals surface area contributed by atoms with Gasteiger partial charge in [0.25, 0.3) is 0 Å². The van der Waals surface area contributed by atoms with Gasteiger partial charge in [-0.15, -0.1) is 0 Å². The minimum atomic E-state index is -0.721. The van der Waals surface area contributed by atoms with Crippen molar-refractivity contribution in [3.63, 3.8) is 0 Å². The lowest BCUT2D eigenvalue weighted by atomic mass is 9.87. The number of benzene rings is 1. The molecule has 1 aromatic rings. The molecule has 1 aliphatic carbocycles. The van der Waals surface area contributed by atoms with Crippen LogP contribution in [-0.4, -0.2) is 18.2 Å². The van der Waals surface area contributed by atoms with Crippen molar-refractivity contribution < 1.29 is 14.6 Å². The maximum atomic E-state index is 10.9. The van der Waals surface area contributed by atoms with E-state index < -0.39 is 5.97 Å². The molecule has 3 heteroatoms. The number of hydrogen-bond acceptors (Lipinski definition) is 2. The van der Waals surface area contributed by atoms with Crippen molar-refractivity contribution in [1.29, 1.82) is 0 Å². The predicted octanol–water partition coefficient (Wildman–Crippen LogP) is 2.82. The smallest absolute Gasteiger partial charge is 0.304 e. The van der Waals surface area contributed by atoms with E-state index in [9.17, 15) is 4.79 Å². The second-order valence-electron chi connectivity index (χ2n) is 4.94. The van der Waals surface area contributed by atoms with Gasteiger partial charge in [0.1, 0.15) is 5.75 Å². The summed E-state index contributed by atoms with van der Waals surface area (Å²) in [6, 6.07) is 4.08. The molecule has 0 heterocycles. The molecule has 0 saturated heterocycles. The number of ether oxygens (including phenoxy) is 1. The van der Waals surface area contributed by atoms with Gasteiger partial charge in [-0.2, -0.15) is 0 Å². The number of carboxylic acids is 1. The highest BCUT2D eigenvalue weighted by Gasteiger charge is 2.47. The second-order valence-corrected chi connectivity index (χ2v) is 4.94. The van der Waals surface area contributed by atoms with E-state index in [1.54, 1.807) is 7.11 Å². The molecule has 1 fully saturated rings. The van der Waals surface area contributed by atoms with Gasteiger partial charge >= 0.3 is 5.97 Å². The van der Waals surface area contributed by atoms with Crippen molar-refractivity contribution in [3.05, 3.63) is 28.8 Å². The van der Waals surface area contributed by atoms with Crippen LogP contribution >= 0.6 is 0 Å². The standard InChI is InChI=1S/C14H18O3/c1-9-4-5-11(10(2)13(9)17-3)14(6-7-14)8-12(15)16/h4-5H,6-8H2,1-3H3,(H,15,16). The third kappa shape index (κ3) is 2.02. The Morgan fingerprint density at radius 3 is 2.53 bits per heavy atom. The second kappa shape index (κ2) is 4.06. The highest BCUT2D eigenvalue weighted by molar-refractivity contribution is 5.70. The Bertz CT molecular complexity index is 459. The van der Waals surface area contributed by atoms with E-state index in [0.717, 1.165) is 35.3 Å². The van der Waals surface area contributed by atoms with E-state index >= 15 is 0 Å². The van der Waals surface area contributed by atoms with Crippen molar-refractivity contribution in [2.24, 2.45) is 0 Å².